The van der Waals surface area contributed by atoms with Gasteiger partial charge in [0.25, 0.3) is 11.8 Å². The summed E-state index contributed by atoms with van der Waals surface area (Å²) < 4.78 is 30.5. The van der Waals surface area contributed by atoms with E-state index in [-0.39, 0.29) is 30.7 Å². The van der Waals surface area contributed by atoms with Gasteiger partial charge in [-0.15, -0.1) is 0 Å². The minimum Gasteiger partial charge on any atom is -0.493 e. The van der Waals surface area contributed by atoms with Crippen molar-refractivity contribution in [1.82, 2.24) is 4.90 Å². The Bertz CT molecular complexity index is 1230. The number of ether oxygens (including phenoxy) is 3. The first-order chi connectivity index (χ1) is 16.4. The highest BCUT2D eigenvalue weighted by Gasteiger charge is 2.28. The molecule has 1 N–H and O–H groups in total. The number of fused-ring (bicyclic) bond motifs is 1. The molecule has 3 aromatic rings. The van der Waals surface area contributed by atoms with Gasteiger partial charge in [0.05, 0.1) is 14.2 Å². The van der Waals surface area contributed by atoms with Crippen molar-refractivity contribution in [3.05, 3.63) is 83.2 Å². The van der Waals surface area contributed by atoms with Crippen LogP contribution in [0.25, 0.3) is 0 Å². The summed E-state index contributed by atoms with van der Waals surface area (Å²) >= 11 is 0. The quantitative estimate of drug-likeness (QED) is 0.585. The molecule has 1 heterocycles. The first-order valence-electron chi connectivity index (χ1n) is 10.7. The second kappa shape index (κ2) is 9.82. The SMILES string of the molecule is COc1ccc(C(=O)Nc2ccc3c(c2)CN(Cc2ccccc2F)C(=O)[C@H](C)O3)cc1OC. The van der Waals surface area contributed by atoms with E-state index in [0.29, 0.717) is 39.6 Å². The minimum atomic E-state index is -0.722. The number of halogens is 1. The molecule has 0 saturated heterocycles. The lowest BCUT2D eigenvalue weighted by atomic mass is 10.1. The monoisotopic (exact) mass is 464 g/mol. The third-order valence-corrected chi connectivity index (χ3v) is 5.61. The molecule has 0 aliphatic carbocycles. The molecular formula is C26H25FN2O5. The van der Waals surface area contributed by atoms with E-state index in [9.17, 15) is 14.0 Å². The molecule has 0 unspecified atom stereocenters. The van der Waals surface area contributed by atoms with Crippen LogP contribution in [0.15, 0.2) is 60.7 Å². The van der Waals surface area contributed by atoms with Crippen molar-refractivity contribution in [2.75, 3.05) is 19.5 Å². The van der Waals surface area contributed by atoms with Gasteiger partial charge in [-0.1, -0.05) is 18.2 Å². The van der Waals surface area contributed by atoms with Crippen molar-refractivity contribution in [3.63, 3.8) is 0 Å². The normalized spacial score (nSPS) is 15.1. The highest BCUT2D eigenvalue weighted by atomic mass is 19.1. The number of amides is 2. The van der Waals surface area contributed by atoms with E-state index in [1.165, 1.54) is 20.3 Å². The van der Waals surface area contributed by atoms with E-state index in [2.05, 4.69) is 5.32 Å². The van der Waals surface area contributed by atoms with Gasteiger partial charge in [0.1, 0.15) is 11.6 Å². The topological polar surface area (TPSA) is 77.1 Å². The number of rotatable bonds is 6. The molecule has 0 saturated carbocycles. The average Bonchev–Trinajstić information content (AvgIpc) is 2.96. The average molecular weight is 464 g/mol. The molecule has 34 heavy (non-hydrogen) atoms. The third kappa shape index (κ3) is 4.80. The predicted molar refractivity (Wildman–Crippen MR) is 125 cm³/mol. The van der Waals surface area contributed by atoms with Gasteiger partial charge in [0.15, 0.2) is 17.6 Å². The van der Waals surface area contributed by atoms with Gasteiger partial charge in [-0.2, -0.15) is 0 Å². The Kier molecular flexibility index (Phi) is 6.67. The first-order valence-corrected chi connectivity index (χ1v) is 10.7. The van der Waals surface area contributed by atoms with Crippen molar-refractivity contribution in [3.8, 4) is 17.2 Å². The Morgan fingerprint density at radius 3 is 2.59 bits per heavy atom. The molecule has 8 heteroatoms. The number of carbonyl (C=O) groups is 2. The Labute approximate surface area is 197 Å². The van der Waals surface area contributed by atoms with E-state index in [4.69, 9.17) is 14.2 Å². The Morgan fingerprint density at radius 1 is 1.09 bits per heavy atom. The van der Waals surface area contributed by atoms with Crippen LogP contribution in [0.5, 0.6) is 17.2 Å². The maximum absolute atomic E-state index is 14.2. The minimum absolute atomic E-state index is 0.112. The number of hydrogen-bond donors (Lipinski definition) is 1. The van der Waals surface area contributed by atoms with Crippen molar-refractivity contribution in [2.45, 2.75) is 26.1 Å². The molecular weight excluding hydrogens is 439 g/mol. The maximum atomic E-state index is 14.2. The summed E-state index contributed by atoms with van der Waals surface area (Å²) in [6, 6.07) is 16.4. The zero-order valence-electron chi connectivity index (χ0n) is 19.1. The highest BCUT2D eigenvalue weighted by molar-refractivity contribution is 6.04. The first kappa shape index (κ1) is 23.1. The van der Waals surface area contributed by atoms with Crippen LogP contribution in [-0.2, 0) is 17.9 Å². The zero-order chi connectivity index (χ0) is 24.2. The standard InChI is InChI=1S/C26H25FN2O5/c1-16-26(31)29(14-18-6-4-5-7-21(18)27)15-19-12-20(9-11-22(19)34-16)28-25(30)17-8-10-23(32-2)24(13-17)33-3/h4-13,16H,14-15H2,1-3H3,(H,28,30)/t16-/m0/s1. The second-order valence-electron chi connectivity index (χ2n) is 7.89. The number of methoxy groups -OCH3 is 2. The molecule has 1 aliphatic rings. The number of hydrogen-bond acceptors (Lipinski definition) is 5. The van der Waals surface area contributed by atoms with Gasteiger partial charge in [-0.05, 0) is 49.4 Å². The highest BCUT2D eigenvalue weighted by Crippen LogP contribution is 2.31. The van der Waals surface area contributed by atoms with Crippen LogP contribution in [0.2, 0.25) is 0 Å². The second-order valence-corrected chi connectivity index (χ2v) is 7.89. The van der Waals surface area contributed by atoms with Gasteiger partial charge < -0.3 is 24.4 Å². The van der Waals surface area contributed by atoms with E-state index in [0.717, 1.165) is 0 Å². The zero-order valence-corrected chi connectivity index (χ0v) is 19.1. The van der Waals surface area contributed by atoms with Gasteiger partial charge in [0.2, 0.25) is 0 Å². The van der Waals surface area contributed by atoms with Crippen LogP contribution < -0.4 is 19.5 Å². The predicted octanol–water partition coefficient (Wildman–Crippen LogP) is 4.40. The lowest BCUT2D eigenvalue weighted by Gasteiger charge is -2.22. The summed E-state index contributed by atoms with van der Waals surface area (Å²) in [5.74, 6) is 0.570. The molecule has 1 aliphatic heterocycles. The van der Waals surface area contributed by atoms with Crippen molar-refractivity contribution in [2.24, 2.45) is 0 Å². The fourth-order valence-electron chi connectivity index (χ4n) is 3.82. The summed E-state index contributed by atoms with van der Waals surface area (Å²) in [4.78, 5) is 27.2. The Hall–Kier alpha value is -4.07. The smallest absolute Gasteiger partial charge is 0.263 e. The van der Waals surface area contributed by atoms with Crippen LogP contribution in [0, 0.1) is 5.82 Å². The fourth-order valence-corrected chi connectivity index (χ4v) is 3.82. The fraction of sp³-hybridized carbons (Fsp3) is 0.231. The van der Waals surface area contributed by atoms with Gasteiger partial charge in [-0.25, -0.2) is 4.39 Å². The van der Waals surface area contributed by atoms with E-state index >= 15 is 0 Å². The van der Waals surface area contributed by atoms with Gasteiger partial charge in [-0.3, -0.25) is 9.59 Å². The summed E-state index contributed by atoms with van der Waals surface area (Å²) in [7, 11) is 3.03. The molecule has 3 aromatic carbocycles. The molecule has 2 amide bonds. The van der Waals surface area contributed by atoms with Gasteiger partial charge in [0, 0.05) is 35.5 Å². The number of carbonyl (C=O) groups excluding carboxylic acids is 2. The molecule has 1 atom stereocenters. The van der Waals surface area contributed by atoms with E-state index in [1.54, 1.807) is 66.4 Å². The summed E-state index contributed by atoms with van der Waals surface area (Å²) in [6.45, 7) is 1.99. The van der Waals surface area contributed by atoms with Crippen LogP contribution in [0.3, 0.4) is 0 Å². The van der Waals surface area contributed by atoms with Crippen LogP contribution in [0.1, 0.15) is 28.4 Å². The molecule has 0 spiro atoms. The van der Waals surface area contributed by atoms with Crippen molar-refractivity contribution < 1.29 is 28.2 Å². The number of nitrogens with one attached hydrogen (secondary N) is 1. The van der Waals surface area contributed by atoms with Gasteiger partial charge >= 0.3 is 0 Å². The lowest BCUT2D eigenvalue weighted by molar-refractivity contribution is -0.138. The van der Waals surface area contributed by atoms with E-state index < -0.39 is 6.10 Å². The van der Waals surface area contributed by atoms with Crippen LogP contribution >= 0.6 is 0 Å². The molecule has 7 nitrogen and oxygen atoms in total. The molecule has 0 radical (unpaired) electrons. The molecule has 4 rings (SSSR count). The number of benzene rings is 3. The van der Waals surface area contributed by atoms with E-state index in [1.807, 2.05) is 0 Å². The Balaban J connectivity index is 1.57. The largest absolute Gasteiger partial charge is 0.493 e. The van der Waals surface area contributed by atoms with Crippen LogP contribution in [0.4, 0.5) is 10.1 Å². The number of nitrogens with zero attached hydrogens (tertiary/aromatic N) is 1. The molecule has 0 bridgehead atoms. The lowest BCUT2D eigenvalue weighted by Crippen LogP contribution is -2.37. The summed E-state index contributed by atoms with van der Waals surface area (Å²) in [5.41, 5.74) is 2.06. The Morgan fingerprint density at radius 2 is 1.85 bits per heavy atom. The van der Waals surface area contributed by atoms with Crippen molar-refractivity contribution >= 4 is 17.5 Å². The maximum Gasteiger partial charge on any atom is 0.263 e. The van der Waals surface area contributed by atoms with Crippen LogP contribution in [-0.4, -0.2) is 37.0 Å². The van der Waals surface area contributed by atoms with Crippen molar-refractivity contribution in [1.29, 1.82) is 0 Å². The molecule has 0 fully saturated rings. The summed E-state index contributed by atoms with van der Waals surface area (Å²) in [5, 5.41) is 2.86. The summed E-state index contributed by atoms with van der Waals surface area (Å²) in [6.07, 6.45) is -0.722. The molecule has 0 aromatic heterocycles. The number of anilines is 1. The molecule has 176 valence electrons. The third-order valence-electron chi connectivity index (χ3n) is 5.61.